The van der Waals surface area contributed by atoms with Crippen LogP contribution in [0.5, 0.6) is 11.5 Å². The maximum Gasteiger partial charge on any atom is 0.416 e. The van der Waals surface area contributed by atoms with Crippen molar-refractivity contribution >= 4 is 21.7 Å². The molecule has 28 heavy (non-hydrogen) atoms. The van der Waals surface area contributed by atoms with Crippen molar-refractivity contribution in [2.75, 3.05) is 6.26 Å². The first-order chi connectivity index (χ1) is 12.8. The molecule has 0 radical (unpaired) electrons. The zero-order valence-corrected chi connectivity index (χ0v) is 15.6. The molecule has 2 rings (SSSR count). The Morgan fingerprint density at radius 1 is 1.14 bits per heavy atom. The van der Waals surface area contributed by atoms with Crippen LogP contribution in [0.25, 0.3) is 0 Å². The van der Waals surface area contributed by atoms with Crippen molar-refractivity contribution in [1.82, 2.24) is 0 Å². The van der Waals surface area contributed by atoms with Gasteiger partial charge in [-0.05, 0) is 42.8 Å². The highest BCUT2D eigenvalue weighted by atomic mass is 32.2. The Morgan fingerprint density at radius 3 is 2.32 bits per heavy atom. The molecule has 0 spiro atoms. The number of halogens is 3. The fraction of sp³-hybridized carbons (Fsp3) is 0.176. The maximum absolute atomic E-state index is 12.9. The van der Waals surface area contributed by atoms with E-state index >= 15 is 0 Å². The number of amides is 1. The Hall–Kier alpha value is -3.08. The zero-order chi connectivity index (χ0) is 21.3. The molecule has 2 aromatic rings. The van der Waals surface area contributed by atoms with Gasteiger partial charge in [-0.2, -0.15) is 18.2 Å². The summed E-state index contributed by atoms with van der Waals surface area (Å²) >= 11 is 0. The van der Waals surface area contributed by atoms with Crippen LogP contribution in [0.1, 0.15) is 21.5 Å². The quantitative estimate of drug-likeness (QED) is 0.584. The van der Waals surface area contributed by atoms with Crippen molar-refractivity contribution < 1.29 is 31.1 Å². The SMILES string of the molecule is Cc1cc(Oc2cccc(C(F)(F)F)c2)c(S(C)(=O)=O)cc1C(=O)N=C(N)N. The number of nitrogens with zero attached hydrogens (tertiary/aromatic N) is 1. The summed E-state index contributed by atoms with van der Waals surface area (Å²) < 4.78 is 68.2. The summed E-state index contributed by atoms with van der Waals surface area (Å²) in [5.41, 5.74) is 9.54. The van der Waals surface area contributed by atoms with Gasteiger partial charge in [0.1, 0.15) is 16.4 Å². The second-order valence-corrected chi connectivity index (χ2v) is 7.84. The number of alkyl halides is 3. The number of ether oxygens (including phenoxy) is 1. The number of sulfone groups is 1. The number of guanidine groups is 1. The largest absolute Gasteiger partial charge is 0.456 e. The number of hydrogen-bond donors (Lipinski definition) is 2. The van der Waals surface area contributed by atoms with Gasteiger partial charge in [0.25, 0.3) is 5.91 Å². The molecule has 0 fully saturated rings. The Labute approximate surface area is 158 Å². The average Bonchev–Trinajstić information content (AvgIpc) is 2.52. The summed E-state index contributed by atoms with van der Waals surface area (Å²) in [6.45, 7) is 1.47. The lowest BCUT2D eigenvalue weighted by Crippen LogP contribution is -2.24. The summed E-state index contributed by atoms with van der Waals surface area (Å²) in [7, 11) is -3.90. The van der Waals surface area contributed by atoms with E-state index in [4.69, 9.17) is 16.2 Å². The molecular weight excluding hydrogens is 399 g/mol. The minimum Gasteiger partial charge on any atom is -0.456 e. The monoisotopic (exact) mass is 415 g/mol. The Morgan fingerprint density at radius 2 is 1.79 bits per heavy atom. The lowest BCUT2D eigenvalue weighted by atomic mass is 10.1. The van der Waals surface area contributed by atoms with E-state index in [-0.39, 0.29) is 22.6 Å². The first-order valence-corrected chi connectivity index (χ1v) is 9.52. The fourth-order valence-corrected chi connectivity index (χ4v) is 3.10. The van der Waals surface area contributed by atoms with Crippen molar-refractivity contribution in [3.05, 3.63) is 53.1 Å². The molecule has 0 unspecified atom stereocenters. The summed E-state index contributed by atoms with van der Waals surface area (Å²) in [5.74, 6) is -1.83. The van der Waals surface area contributed by atoms with Gasteiger partial charge in [0, 0.05) is 11.8 Å². The molecule has 0 heterocycles. The fourth-order valence-electron chi connectivity index (χ4n) is 2.30. The number of aliphatic imine (C=N–C) groups is 1. The van der Waals surface area contributed by atoms with Crippen LogP contribution >= 0.6 is 0 Å². The van der Waals surface area contributed by atoms with E-state index in [1.807, 2.05) is 0 Å². The van der Waals surface area contributed by atoms with Crippen LogP contribution in [-0.4, -0.2) is 26.5 Å². The first-order valence-electron chi connectivity index (χ1n) is 7.63. The molecule has 0 aliphatic heterocycles. The summed E-state index contributed by atoms with van der Waals surface area (Å²) in [4.78, 5) is 15.0. The molecule has 0 bridgehead atoms. The third-order valence-corrected chi connectivity index (χ3v) is 4.66. The lowest BCUT2D eigenvalue weighted by molar-refractivity contribution is -0.137. The van der Waals surface area contributed by atoms with Gasteiger partial charge in [-0.25, -0.2) is 8.42 Å². The predicted octanol–water partition coefficient (Wildman–Crippen LogP) is 2.62. The number of carbonyl (C=O) groups is 1. The molecule has 1 amide bonds. The maximum atomic E-state index is 12.9. The molecule has 0 aliphatic rings. The second kappa shape index (κ2) is 7.50. The molecule has 0 saturated heterocycles. The number of rotatable bonds is 4. The summed E-state index contributed by atoms with van der Waals surface area (Å²) in [6, 6.07) is 6.19. The van der Waals surface area contributed by atoms with Crippen LogP contribution in [0, 0.1) is 6.92 Å². The van der Waals surface area contributed by atoms with Gasteiger partial charge < -0.3 is 16.2 Å². The highest BCUT2D eigenvalue weighted by molar-refractivity contribution is 7.90. The van der Waals surface area contributed by atoms with Crippen LogP contribution in [-0.2, 0) is 16.0 Å². The first kappa shape index (κ1) is 21.2. The Bertz CT molecular complexity index is 1060. The molecule has 0 atom stereocenters. The van der Waals surface area contributed by atoms with Crippen LogP contribution in [0.15, 0.2) is 46.3 Å². The van der Waals surface area contributed by atoms with Gasteiger partial charge in [0.05, 0.1) is 5.56 Å². The van der Waals surface area contributed by atoms with Gasteiger partial charge in [-0.3, -0.25) is 4.79 Å². The third-order valence-electron chi connectivity index (χ3n) is 3.54. The van der Waals surface area contributed by atoms with E-state index in [9.17, 15) is 26.4 Å². The van der Waals surface area contributed by atoms with Crippen LogP contribution < -0.4 is 16.2 Å². The van der Waals surface area contributed by atoms with Crippen LogP contribution in [0.2, 0.25) is 0 Å². The normalized spacial score (nSPS) is 11.8. The molecule has 150 valence electrons. The number of benzene rings is 2. The number of carbonyl (C=O) groups excluding carboxylic acids is 1. The average molecular weight is 415 g/mol. The van der Waals surface area contributed by atoms with Crippen molar-refractivity contribution in [3.63, 3.8) is 0 Å². The molecular formula is C17H16F3N3O4S. The smallest absolute Gasteiger partial charge is 0.416 e. The Balaban J connectivity index is 2.58. The van der Waals surface area contributed by atoms with Gasteiger partial charge in [-0.1, -0.05) is 6.07 Å². The topological polar surface area (TPSA) is 125 Å². The third kappa shape index (κ3) is 5.00. The highest BCUT2D eigenvalue weighted by Crippen LogP contribution is 2.35. The van der Waals surface area contributed by atoms with Crippen LogP contribution in [0.4, 0.5) is 13.2 Å². The Kier molecular flexibility index (Phi) is 5.69. The van der Waals surface area contributed by atoms with Gasteiger partial charge in [-0.15, -0.1) is 0 Å². The number of nitrogens with two attached hydrogens (primary N) is 2. The highest BCUT2D eigenvalue weighted by Gasteiger charge is 2.31. The van der Waals surface area contributed by atoms with Crippen LogP contribution in [0.3, 0.4) is 0 Å². The minimum absolute atomic E-state index is 0.0924. The van der Waals surface area contributed by atoms with Gasteiger partial charge >= 0.3 is 6.18 Å². The predicted molar refractivity (Wildman–Crippen MR) is 95.9 cm³/mol. The summed E-state index contributed by atoms with van der Waals surface area (Å²) in [5, 5.41) is 0. The van der Waals surface area contributed by atoms with Crippen molar-refractivity contribution in [2.24, 2.45) is 16.5 Å². The molecule has 0 aromatic heterocycles. The van der Waals surface area contributed by atoms with E-state index in [0.29, 0.717) is 0 Å². The summed E-state index contributed by atoms with van der Waals surface area (Å²) in [6.07, 6.45) is -3.73. The molecule has 7 nitrogen and oxygen atoms in total. The molecule has 2 aromatic carbocycles. The lowest BCUT2D eigenvalue weighted by Gasteiger charge is -2.14. The van der Waals surface area contributed by atoms with Crippen molar-refractivity contribution in [1.29, 1.82) is 0 Å². The second-order valence-electron chi connectivity index (χ2n) is 5.86. The molecule has 0 aliphatic carbocycles. The van der Waals surface area contributed by atoms with E-state index in [1.165, 1.54) is 19.1 Å². The van der Waals surface area contributed by atoms with E-state index in [1.54, 1.807) is 0 Å². The number of hydrogen-bond acceptors (Lipinski definition) is 4. The van der Waals surface area contributed by atoms with Crippen molar-refractivity contribution in [3.8, 4) is 11.5 Å². The van der Waals surface area contributed by atoms with E-state index < -0.39 is 38.3 Å². The standard InChI is InChI=1S/C17H16F3N3O4S/c1-9-6-13(27-11-5-3-4-10(7-11)17(18,19)20)14(28(2,25)26)8-12(9)15(24)23-16(21)22/h3-8H,1-2H3,(H4,21,22,23,24). The molecule has 11 heteroatoms. The van der Waals surface area contributed by atoms with E-state index in [2.05, 4.69) is 4.99 Å². The van der Waals surface area contributed by atoms with Crippen molar-refractivity contribution in [2.45, 2.75) is 18.0 Å². The zero-order valence-electron chi connectivity index (χ0n) is 14.7. The van der Waals surface area contributed by atoms with E-state index in [0.717, 1.165) is 30.5 Å². The van der Waals surface area contributed by atoms with Gasteiger partial charge in [0.15, 0.2) is 15.8 Å². The number of aryl methyl sites for hydroxylation is 1. The molecule has 4 N–H and O–H groups in total. The minimum atomic E-state index is -4.59. The van der Waals surface area contributed by atoms with Gasteiger partial charge in [0.2, 0.25) is 0 Å². The molecule has 0 saturated carbocycles.